The Kier molecular flexibility index (Phi) is 3.75. The lowest BCUT2D eigenvalue weighted by Crippen LogP contribution is -2.37. The highest BCUT2D eigenvalue weighted by molar-refractivity contribution is 4.96. The van der Waals surface area contributed by atoms with E-state index in [9.17, 15) is 0 Å². The third-order valence-corrected chi connectivity index (χ3v) is 5.45. The largest absolute Gasteiger partial charge is 0.313 e. The molecule has 98 valence electrons. The monoisotopic (exact) mass is 235 g/mol. The zero-order chi connectivity index (χ0) is 11.7. The molecule has 3 saturated carbocycles. The highest BCUT2D eigenvalue weighted by Gasteiger charge is 2.41. The van der Waals surface area contributed by atoms with Crippen molar-refractivity contribution in [1.82, 2.24) is 5.32 Å². The molecule has 17 heavy (non-hydrogen) atoms. The molecule has 0 aliphatic heterocycles. The van der Waals surface area contributed by atoms with Gasteiger partial charge in [0.2, 0.25) is 0 Å². The van der Waals surface area contributed by atoms with E-state index < -0.39 is 0 Å². The van der Waals surface area contributed by atoms with Gasteiger partial charge in [-0.3, -0.25) is 0 Å². The van der Waals surface area contributed by atoms with Crippen molar-refractivity contribution in [1.29, 1.82) is 0 Å². The molecule has 0 bridgehead atoms. The SMILES string of the molecule is CCC1CCC(CNC(C2CC2)C2CC2)CC1. The first-order valence-electron chi connectivity index (χ1n) is 8.10. The van der Waals surface area contributed by atoms with Crippen molar-refractivity contribution < 1.29 is 0 Å². The summed E-state index contributed by atoms with van der Waals surface area (Å²) in [7, 11) is 0. The van der Waals surface area contributed by atoms with Gasteiger partial charge >= 0.3 is 0 Å². The lowest BCUT2D eigenvalue weighted by molar-refractivity contribution is 0.249. The molecular weight excluding hydrogens is 206 g/mol. The highest BCUT2D eigenvalue weighted by Crippen LogP contribution is 2.44. The number of rotatable bonds is 6. The summed E-state index contributed by atoms with van der Waals surface area (Å²) in [6.07, 6.45) is 13.4. The zero-order valence-electron chi connectivity index (χ0n) is 11.5. The van der Waals surface area contributed by atoms with Crippen LogP contribution in [0.5, 0.6) is 0 Å². The van der Waals surface area contributed by atoms with Crippen LogP contribution >= 0.6 is 0 Å². The first kappa shape index (κ1) is 12.0. The van der Waals surface area contributed by atoms with Crippen LogP contribution in [-0.4, -0.2) is 12.6 Å². The third-order valence-electron chi connectivity index (χ3n) is 5.45. The standard InChI is InChI=1S/C16H29N/c1-2-12-3-5-13(6-4-12)11-17-16(14-7-8-14)15-9-10-15/h12-17H,2-11H2,1H3. The van der Waals surface area contributed by atoms with E-state index in [1.165, 1.54) is 64.3 Å². The van der Waals surface area contributed by atoms with Crippen molar-refractivity contribution in [2.45, 2.75) is 70.8 Å². The minimum absolute atomic E-state index is 0.916. The topological polar surface area (TPSA) is 12.0 Å². The van der Waals surface area contributed by atoms with Gasteiger partial charge in [-0.05, 0) is 68.7 Å². The summed E-state index contributed by atoms with van der Waals surface area (Å²) in [6.45, 7) is 3.69. The Balaban J connectivity index is 1.38. The second kappa shape index (κ2) is 5.30. The lowest BCUT2D eigenvalue weighted by Gasteiger charge is -2.29. The lowest BCUT2D eigenvalue weighted by atomic mass is 9.81. The van der Waals surface area contributed by atoms with E-state index >= 15 is 0 Å². The average Bonchev–Trinajstić information content (AvgIpc) is 3.24. The first-order valence-corrected chi connectivity index (χ1v) is 8.10. The van der Waals surface area contributed by atoms with Crippen LogP contribution in [0, 0.1) is 23.7 Å². The molecule has 3 rings (SSSR count). The molecule has 0 spiro atoms. The van der Waals surface area contributed by atoms with Gasteiger partial charge in [-0.1, -0.05) is 26.2 Å². The quantitative estimate of drug-likeness (QED) is 0.734. The van der Waals surface area contributed by atoms with E-state index in [0.717, 1.165) is 29.7 Å². The van der Waals surface area contributed by atoms with Crippen molar-refractivity contribution in [3.05, 3.63) is 0 Å². The predicted octanol–water partition coefficient (Wildman–Crippen LogP) is 3.98. The van der Waals surface area contributed by atoms with Crippen molar-refractivity contribution >= 4 is 0 Å². The Hall–Kier alpha value is -0.0400. The molecule has 0 radical (unpaired) electrons. The maximum absolute atomic E-state index is 3.95. The van der Waals surface area contributed by atoms with Crippen LogP contribution in [0.4, 0.5) is 0 Å². The van der Waals surface area contributed by atoms with Crippen LogP contribution in [0.15, 0.2) is 0 Å². The molecule has 0 aromatic rings. The Labute approximate surface area is 107 Å². The molecule has 3 aliphatic carbocycles. The summed E-state index contributed by atoms with van der Waals surface area (Å²) in [5.74, 6) is 4.18. The molecule has 3 aliphatic rings. The molecule has 0 heterocycles. The summed E-state index contributed by atoms with van der Waals surface area (Å²) in [5.41, 5.74) is 0. The van der Waals surface area contributed by atoms with Crippen molar-refractivity contribution in [3.8, 4) is 0 Å². The van der Waals surface area contributed by atoms with Crippen LogP contribution in [-0.2, 0) is 0 Å². The molecule has 1 N–H and O–H groups in total. The second-order valence-corrected chi connectivity index (χ2v) is 6.90. The maximum atomic E-state index is 3.95. The van der Waals surface area contributed by atoms with Gasteiger partial charge in [-0.25, -0.2) is 0 Å². The predicted molar refractivity (Wildman–Crippen MR) is 73.0 cm³/mol. The van der Waals surface area contributed by atoms with Crippen molar-refractivity contribution in [2.75, 3.05) is 6.54 Å². The van der Waals surface area contributed by atoms with Gasteiger partial charge in [0.15, 0.2) is 0 Å². The van der Waals surface area contributed by atoms with E-state index in [-0.39, 0.29) is 0 Å². The number of hydrogen-bond donors (Lipinski definition) is 1. The Morgan fingerprint density at radius 1 is 0.824 bits per heavy atom. The van der Waals surface area contributed by atoms with E-state index in [2.05, 4.69) is 12.2 Å². The Bertz CT molecular complexity index is 222. The van der Waals surface area contributed by atoms with Crippen LogP contribution in [0.2, 0.25) is 0 Å². The van der Waals surface area contributed by atoms with Gasteiger partial charge in [0.1, 0.15) is 0 Å². The van der Waals surface area contributed by atoms with Crippen molar-refractivity contribution in [2.24, 2.45) is 23.7 Å². The van der Waals surface area contributed by atoms with Gasteiger partial charge in [0.05, 0.1) is 0 Å². The Morgan fingerprint density at radius 3 is 1.82 bits per heavy atom. The van der Waals surface area contributed by atoms with Crippen molar-refractivity contribution in [3.63, 3.8) is 0 Å². The first-order chi connectivity index (χ1) is 8.36. The number of hydrogen-bond acceptors (Lipinski definition) is 1. The third kappa shape index (κ3) is 3.24. The molecule has 1 heteroatoms. The fourth-order valence-electron chi connectivity index (χ4n) is 3.78. The zero-order valence-corrected chi connectivity index (χ0v) is 11.5. The summed E-state index contributed by atoms with van der Waals surface area (Å²) >= 11 is 0. The Morgan fingerprint density at radius 2 is 1.35 bits per heavy atom. The van der Waals surface area contributed by atoms with E-state index in [4.69, 9.17) is 0 Å². The van der Waals surface area contributed by atoms with Crippen LogP contribution in [0.25, 0.3) is 0 Å². The molecule has 0 atom stereocenters. The summed E-state index contributed by atoms with van der Waals surface area (Å²) in [5, 5.41) is 3.95. The van der Waals surface area contributed by atoms with Crippen LogP contribution in [0.1, 0.15) is 64.7 Å². The van der Waals surface area contributed by atoms with Gasteiger partial charge < -0.3 is 5.32 Å². The summed E-state index contributed by atoms with van der Waals surface area (Å²) < 4.78 is 0. The minimum atomic E-state index is 0.916. The van der Waals surface area contributed by atoms with E-state index in [1.54, 1.807) is 0 Å². The minimum Gasteiger partial charge on any atom is -0.313 e. The van der Waals surface area contributed by atoms with E-state index in [1.807, 2.05) is 0 Å². The molecule has 0 aromatic carbocycles. The highest BCUT2D eigenvalue weighted by atomic mass is 14.9. The van der Waals surface area contributed by atoms with E-state index in [0.29, 0.717) is 0 Å². The molecule has 0 unspecified atom stereocenters. The normalized spacial score (nSPS) is 34.2. The van der Waals surface area contributed by atoms with Crippen LogP contribution in [0.3, 0.4) is 0 Å². The summed E-state index contributed by atoms with van der Waals surface area (Å²) in [4.78, 5) is 0. The fraction of sp³-hybridized carbons (Fsp3) is 1.00. The molecule has 0 saturated heterocycles. The van der Waals surface area contributed by atoms with Gasteiger partial charge in [-0.15, -0.1) is 0 Å². The van der Waals surface area contributed by atoms with Gasteiger partial charge in [0, 0.05) is 6.04 Å². The summed E-state index contributed by atoms with van der Waals surface area (Å²) in [6, 6.07) is 0.916. The average molecular weight is 235 g/mol. The molecular formula is C16H29N. The molecule has 0 aromatic heterocycles. The molecule has 1 nitrogen and oxygen atoms in total. The van der Waals surface area contributed by atoms with Crippen LogP contribution < -0.4 is 5.32 Å². The van der Waals surface area contributed by atoms with Gasteiger partial charge in [-0.2, -0.15) is 0 Å². The fourth-order valence-corrected chi connectivity index (χ4v) is 3.78. The maximum Gasteiger partial charge on any atom is 0.0124 e. The number of nitrogens with one attached hydrogen (secondary N) is 1. The molecule has 3 fully saturated rings. The second-order valence-electron chi connectivity index (χ2n) is 6.90. The van der Waals surface area contributed by atoms with Gasteiger partial charge in [0.25, 0.3) is 0 Å². The molecule has 0 amide bonds. The smallest absolute Gasteiger partial charge is 0.0124 e.